The van der Waals surface area contributed by atoms with Crippen molar-refractivity contribution < 1.29 is 14.3 Å². The van der Waals surface area contributed by atoms with E-state index in [1.54, 1.807) is 21.0 Å². The first-order valence-electron chi connectivity index (χ1n) is 10.0. The van der Waals surface area contributed by atoms with Crippen molar-refractivity contribution in [2.24, 2.45) is 11.5 Å². The summed E-state index contributed by atoms with van der Waals surface area (Å²) in [4.78, 5) is 14.5. The third-order valence-electron chi connectivity index (χ3n) is 5.26. The Hall–Kier alpha value is -1.68. The number of likely N-dealkylation sites (tertiary alicyclic amines) is 1. The first kappa shape index (κ1) is 22.6. The second-order valence-corrected chi connectivity index (χ2v) is 7.75. The molecule has 3 unspecified atom stereocenters. The van der Waals surface area contributed by atoms with Gasteiger partial charge in [0.1, 0.15) is 5.82 Å². The van der Waals surface area contributed by atoms with Crippen LogP contribution in [-0.2, 0) is 14.3 Å². The Morgan fingerprint density at radius 3 is 2.61 bits per heavy atom. The molecule has 2 fully saturated rings. The number of ether oxygens (including phenoxy) is 2. The third kappa shape index (κ3) is 6.44. The number of carbonyl (C=O) groups is 1. The maximum absolute atomic E-state index is 12.5. The molecule has 7 N–H and O–H groups in total. The van der Waals surface area contributed by atoms with Crippen molar-refractivity contribution in [3.8, 4) is 0 Å². The molecule has 0 aromatic rings. The molecule has 0 bridgehead atoms. The molecule has 0 aliphatic carbocycles. The van der Waals surface area contributed by atoms with Gasteiger partial charge < -0.3 is 41.9 Å². The van der Waals surface area contributed by atoms with E-state index in [2.05, 4.69) is 10.6 Å². The summed E-state index contributed by atoms with van der Waals surface area (Å²) in [5, 5.41) is 14.2. The number of nitrogens with one attached hydrogen (secondary N) is 3. The molecule has 2 rings (SSSR count). The average molecular weight is 397 g/mol. The summed E-state index contributed by atoms with van der Waals surface area (Å²) in [7, 11) is 1.71. The Bertz CT molecular complexity index is 574. The summed E-state index contributed by atoms with van der Waals surface area (Å²) in [6.07, 6.45) is 2.57. The highest BCUT2D eigenvalue weighted by Gasteiger charge is 2.33. The van der Waals surface area contributed by atoms with Gasteiger partial charge in [-0.1, -0.05) is 0 Å². The molecule has 2 saturated heterocycles. The van der Waals surface area contributed by atoms with E-state index >= 15 is 0 Å². The van der Waals surface area contributed by atoms with Crippen LogP contribution in [0.15, 0.2) is 11.4 Å². The van der Waals surface area contributed by atoms with Crippen LogP contribution < -0.4 is 22.1 Å². The molecule has 3 atom stereocenters. The SMILES string of the molecule is COC1CN(/C(N)=C(/CC(C)=N)C(=O)NC(C)N)CCC1NC1CCOCC1. The highest BCUT2D eigenvalue weighted by molar-refractivity contribution is 5.99. The number of rotatable bonds is 8. The van der Waals surface area contributed by atoms with Crippen LogP contribution in [0.4, 0.5) is 0 Å². The molecule has 9 heteroatoms. The summed E-state index contributed by atoms with van der Waals surface area (Å²) < 4.78 is 11.2. The Kier molecular flexibility index (Phi) is 8.68. The Morgan fingerprint density at radius 2 is 2.04 bits per heavy atom. The number of carbonyl (C=O) groups excluding carboxylic acids is 1. The zero-order valence-electron chi connectivity index (χ0n) is 17.3. The van der Waals surface area contributed by atoms with Crippen molar-refractivity contribution in [1.82, 2.24) is 15.5 Å². The van der Waals surface area contributed by atoms with E-state index in [4.69, 9.17) is 26.4 Å². The first-order valence-corrected chi connectivity index (χ1v) is 10.0. The summed E-state index contributed by atoms with van der Waals surface area (Å²) in [6, 6.07) is 0.687. The summed E-state index contributed by atoms with van der Waals surface area (Å²) in [5.74, 6) is 0.0758. The van der Waals surface area contributed by atoms with E-state index in [0.29, 0.717) is 29.7 Å². The molecular weight excluding hydrogens is 360 g/mol. The second-order valence-electron chi connectivity index (χ2n) is 7.75. The van der Waals surface area contributed by atoms with Crippen LogP contribution in [0.25, 0.3) is 0 Å². The van der Waals surface area contributed by atoms with Crippen LogP contribution in [0, 0.1) is 5.41 Å². The number of piperidine rings is 1. The molecular formula is C19H36N6O3. The van der Waals surface area contributed by atoms with Gasteiger partial charge in [0.05, 0.1) is 17.8 Å². The fourth-order valence-electron chi connectivity index (χ4n) is 3.77. The van der Waals surface area contributed by atoms with Gasteiger partial charge in [-0.05, 0) is 33.1 Å². The highest BCUT2D eigenvalue weighted by Crippen LogP contribution is 2.21. The molecule has 2 aliphatic rings. The van der Waals surface area contributed by atoms with Gasteiger partial charge in [0, 0.05) is 57.6 Å². The zero-order chi connectivity index (χ0) is 20.7. The topological polar surface area (TPSA) is 139 Å². The van der Waals surface area contributed by atoms with Crippen LogP contribution in [0.2, 0.25) is 0 Å². The van der Waals surface area contributed by atoms with Crippen LogP contribution in [-0.4, -0.2) is 74.3 Å². The van der Waals surface area contributed by atoms with Gasteiger partial charge >= 0.3 is 0 Å². The van der Waals surface area contributed by atoms with E-state index in [1.165, 1.54) is 0 Å². The smallest absolute Gasteiger partial charge is 0.252 e. The number of nitrogens with zero attached hydrogens (tertiary/aromatic N) is 1. The standard InChI is InChI=1S/C19H36N6O3/c1-12(20)10-15(19(26)23-13(2)21)18(22)25-7-4-16(17(11-25)27-3)24-14-5-8-28-9-6-14/h13-14,16-17,20,24H,4-11,21-22H2,1-3H3,(H,23,26)/b18-15-,20-12?. The van der Waals surface area contributed by atoms with Crippen LogP contribution in [0.1, 0.15) is 39.5 Å². The van der Waals surface area contributed by atoms with Crippen molar-refractivity contribution >= 4 is 11.6 Å². The molecule has 0 spiro atoms. The quantitative estimate of drug-likeness (QED) is 0.219. The number of hydrogen-bond donors (Lipinski definition) is 5. The van der Waals surface area contributed by atoms with Crippen LogP contribution in [0.3, 0.4) is 0 Å². The Balaban J connectivity index is 2.08. The number of hydrogen-bond acceptors (Lipinski definition) is 8. The normalized spacial score (nSPS) is 25.8. The van der Waals surface area contributed by atoms with Crippen molar-refractivity contribution in [3.05, 3.63) is 11.4 Å². The molecule has 0 radical (unpaired) electrons. The van der Waals surface area contributed by atoms with E-state index < -0.39 is 6.17 Å². The third-order valence-corrected chi connectivity index (χ3v) is 5.26. The minimum atomic E-state index is -0.484. The van der Waals surface area contributed by atoms with Crippen LogP contribution in [0.5, 0.6) is 0 Å². The van der Waals surface area contributed by atoms with Gasteiger partial charge in [0.25, 0.3) is 5.91 Å². The minimum Gasteiger partial charge on any atom is -0.385 e. The number of amides is 1. The van der Waals surface area contributed by atoms with E-state index in [0.717, 1.165) is 39.0 Å². The molecule has 1 amide bonds. The van der Waals surface area contributed by atoms with Gasteiger partial charge in [-0.3, -0.25) is 4.79 Å². The Labute approximate surface area is 167 Å². The molecule has 9 nitrogen and oxygen atoms in total. The van der Waals surface area contributed by atoms with Crippen molar-refractivity contribution in [3.63, 3.8) is 0 Å². The maximum atomic E-state index is 12.5. The Morgan fingerprint density at radius 1 is 1.36 bits per heavy atom. The van der Waals surface area contributed by atoms with E-state index in [1.807, 2.05) is 4.90 Å². The maximum Gasteiger partial charge on any atom is 0.252 e. The van der Waals surface area contributed by atoms with Crippen molar-refractivity contribution in [1.29, 1.82) is 5.41 Å². The van der Waals surface area contributed by atoms with Gasteiger partial charge in [-0.25, -0.2) is 0 Å². The molecule has 0 aromatic carbocycles. The summed E-state index contributed by atoms with van der Waals surface area (Å²) >= 11 is 0. The average Bonchev–Trinajstić information content (AvgIpc) is 2.66. The van der Waals surface area contributed by atoms with E-state index in [9.17, 15) is 4.79 Å². The van der Waals surface area contributed by atoms with Gasteiger partial charge in [-0.2, -0.15) is 0 Å². The lowest BCUT2D eigenvalue weighted by Gasteiger charge is -2.41. The van der Waals surface area contributed by atoms with Crippen molar-refractivity contribution in [2.75, 3.05) is 33.4 Å². The zero-order valence-corrected chi connectivity index (χ0v) is 17.3. The van der Waals surface area contributed by atoms with Crippen molar-refractivity contribution in [2.45, 2.75) is 63.9 Å². The summed E-state index contributed by atoms with van der Waals surface area (Å²) in [5.41, 5.74) is 12.8. The van der Waals surface area contributed by atoms with Gasteiger partial charge in [0.15, 0.2) is 0 Å². The summed E-state index contributed by atoms with van der Waals surface area (Å²) in [6.45, 7) is 6.26. The van der Waals surface area contributed by atoms with Gasteiger partial charge in [0.2, 0.25) is 0 Å². The lowest BCUT2D eigenvalue weighted by atomic mass is 9.98. The largest absolute Gasteiger partial charge is 0.385 e. The highest BCUT2D eigenvalue weighted by atomic mass is 16.5. The minimum absolute atomic E-state index is 0.0334. The second kappa shape index (κ2) is 10.8. The first-order chi connectivity index (χ1) is 13.3. The van der Waals surface area contributed by atoms with E-state index in [-0.39, 0.29) is 24.5 Å². The van der Waals surface area contributed by atoms with Crippen LogP contribution >= 0.6 is 0 Å². The molecule has 0 saturated carbocycles. The predicted octanol–water partition coefficient (Wildman–Crippen LogP) is -0.135. The fraction of sp³-hybridized carbons (Fsp3) is 0.789. The molecule has 28 heavy (non-hydrogen) atoms. The number of methoxy groups -OCH3 is 1. The lowest BCUT2D eigenvalue weighted by molar-refractivity contribution is -0.118. The molecule has 0 aromatic heterocycles. The monoisotopic (exact) mass is 396 g/mol. The van der Waals surface area contributed by atoms with Gasteiger partial charge in [-0.15, -0.1) is 0 Å². The molecule has 2 heterocycles. The molecule has 160 valence electrons. The fourth-order valence-corrected chi connectivity index (χ4v) is 3.77. The predicted molar refractivity (Wildman–Crippen MR) is 109 cm³/mol. The molecule has 2 aliphatic heterocycles. The number of nitrogens with two attached hydrogens (primary N) is 2. The lowest BCUT2D eigenvalue weighted by Crippen LogP contribution is -2.57.